The fraction of sp³-hybridized carbons (Fsp3) is 0.214. The van der Waals surface area contributed by atoms with Crippen molar-refractivity contribution in [2.45, 2.75) is 0 Å². The van der Waals surface area contributed by atoms with Gasteiger partial charge in [0.15, 0.2) is 0 Å². The molecule has 1 aromatic carbocycles. The van der Waals surface area contributed by atoms with Gasteiger partial charge in [-0.15, -0.1) is 0 Å². The average molecular weight is 297 g/mol. The Morgan fingerprint density at radius 1 is 0.905 bits per heavy atom. The molecule has 21 heavy (non-hydrogen) atoms. The van der Waals surface area contributed by atoms with E-state index >= 15 is 0 Å². The van der Waals surface area contributed by atoms with Gasteiger partial charge in [0.2, 0.25) is 11.6 Å². The zero-order chi connectivity index (χ0) is 15.1. The van der Waals surface area contributed by atoms with Gasteiger partial charge in [-0.3, -0.25) is 0 Å². The molecule has 7 heteroatoms. The smallest absolute Gasteiger partial charge is 0.253 e. The lowest BCUT2D eigenvalue weighted by Crippen LogP contribution is -2.37. The van der Waals surface area contributed by atoms with Crippen LogP contribution in [0.25, 0.3) is 0 Å². The topological polar surface area (TPSA) is 19.4 Å². The lowest BCUT2D eigenvalue weighted by atomic mass is 10.1. The molecular weight excluding hydrogens is 286 g/mol. The Labute approximate surface area is 118 Å². The van der Waals surface area contributed by atoms with E-state index in [9.17, 15) is 17.6 Å². The Kier molecular flexibility index (Phi) is 3.19. The Bertz CT molecular complexity index is 679. The maximum atomic E-state index is 13.9. The fourth-order valence-corrected chi connectivity index (χ4v) is 2.45. The molecular formula is C14H11F4N3. The molecule has 0 N–H and O–H groups in total. The number of rotatable bonds is 1. The molecule has 0 aliphatic carbocycles. The van der Waals surface area contributed by atoms with Gasteiger partial charge in [0.1, 0.15) is 5.69 Å². The molecule has 0 saturated heterocycles. The van der Waals surface area contributed by atoms with E-state index < -0.39 is 29.2 Å². The molecule has 3 nitrogen and oxygen atoms in total. The van der Waals surface area contributed by atoms with E-state index in [0.29, 0.717) is 12.2 Å². The number of halogens is 4. The third kappa shape index (κ3) is 2.09. The van der Waals surface area contributed by atoms with E-state index in [1.165, 1.54) is 4.90 Å². The van der Waals surface area contributed by atoms with Crippen molar-refractivity contribution in [1.82, 2.24) is 4.98 Å². The van der Waals surface area contributed by atoms with Crippen LogP contribution in [0.15, 0.2) is 24.3 Å². The van der Waals surface area contributed by atoms with Crippen molar-refractivity contribution >= 4 is 17.1 Å². The van der Waals surface area contributed by atoms with Gasteiger partial charge in [-0.2, -0.15) is 22.5 Å². The van der Waals surface area contributed by atoms with E-state index in [1.807, 2.05) is 11.9 Å². The second kappa shape index (κ2) is 4.91. The molecule has 0 bridgehead atoms. The third-order valence-corrected chi connectivity index (χ3v) is 3.49. The number of anilines is 3. The summed E-state index contributed by atoms with van der Waals surface area (Å²) >= 11 is 0. The zero-order valence-electron chi connectivity index (χ0n) is 11.1. The van der Waals surface area contributed by atoms with Crippen LogP contribution in [0.5, 0.6) is 0 Å². The van der Waals surface area contributed by atoms with E-state index in [2.05, 4.69) is 4.98 Å². The highest BCUT2D eigenvalue weighted by Crippen LogP contribution is 2.39. The minimum absolute atomic E-state index is 0.199. The molecule has 0 atom stereocenters. The van der Waals surface area contributed by atoms with E-state index in [0.717, 1.165) is 5.69 Å². The normalized spacial score (nSPS) is 14.3. The molecule has 0 fully saturated rings. The first-order valence-electron chi connectivity index (χ1n) is 6.28. The van der Waals surface area contributed by atoms with Crippen molar-refractivity contribution in [3.05, 3.63) is 47.8 Å². The summed E-state index contributed by atoms with van der Waals surface area (Å²) < 4.78 is 54.4. The van der Waals surface area contributed by atoms with Gasteiger partial charge in [0.05, 0.1) is 11.4 Å². The largest absolute Gasteiger partial charge is 0.371 e. The van der Waals surface area contributed by atoms with Crippen LogP contribution in [0.1, 0.15) is 0 Å². The van der Waals surface area contributed by atoms with Gasteiger partial charge >= 0.3 is 0 Å². The van der Waals surface area contributed by atoms with Gasteiger partial charge < -0.3 is 9.80 Å². The van der Waals surface area contributed by atoms with Gasteiger partial charge in [0.25, 0.3) is 11.9 Å². The molecule has 0 radical (unpaired) electrons. The SMILES string of the molecule is CN1CCN(c2c(F)c(F)nc(F)c2F)c2ccccc21. The number of hydrogen-bond acceptors (Lipinski definition) is 3. The van der Waals surface area contributed by atoms with Crippen molar-refractivity contribution in [1.29, 1.82) is 0 Å². The van der Waals surface area contributed by atoms with Gasteiger partial charge in [0, 0.05) is 20.1 Å². The lowest BCUT2D eigenvalue weighted by Gasteiger charge is -2.37. The summed E-state index contributed by atoms with van der Waals surface area (Å²) in [6, 6.07) is 6.87. The van der Waals surface area contributed by atoms with Crippen LogP contribution in [0.3, 0.4) is 0 Å². The fourth-order valence-electron chi connectivity index (χ4n) is 2.45. The summed E-state index contributed by atoms with van der Waals surface area (Å²) in [5, 5.41) is 0. The molecule has 2 aromatic rings. The monoisotopic (exact) mass is 297 g/mol. The van der Waals surface area contributed by atoms with E-state index in [1.54, 1.807) is 24.3 Å². The highest BCUT2D eigenvalue weighted by Gasteiger charge is 2.30. The van der Waals surface area contributed by atoms with Crippen LogP contribution in [0.2, 0.25) is 0 Å². The minimum atomic E-state index is -1.65. The first kappa shape index (κ1) is 13.7. The predicted molar refractivity (Wildman–Crippen MR) is 70.8 cm³/mol. The Balaban J connectivity index is 2.21. The van der Waals surface area contributed by atoms with Crippen LogP contribution in [-0.4, -0.2) is 25.1 Å². The molecule has 1 aliphatic heterocycles. The Morgan fingerprint density at radius 2 is 1.48 bits per heavy atom. The molecule has 0 spiro atoms. The number of benzene rings is 1. The molecule has 2 heterocycles. The number of pyridine rings is 1. The number of para-hydroxylation sites is 2. The van der Waals surface area contributed by atoms with Gasteiger partial charge in [-0.05, 0) is 12.1 Å². The van der Waals surface area contributed by atoms with Crippen LogP contribution >= 0.6 is 0 Å². The maximum absolute atomic E-state index is 13.9. The van der Waals surface area contributed by atoms with Crippen LogP contribution in [-0.2, 0) is 0 Å². The predicted octanol–water partition coefficient (Wildman–Crippen LogP) is 3.23. The maximum Gasteiger partial charge on any atom is 0.253 e. The van der Waals surface area contributed by atoms with Gasteiger partial charge in [-0.25, -0.2) is 0 Å². The number of nitrogens with zero attached hydrogens (tertiary/aromatic N) is 3. The van der Waals surface area contributed by atoms with Crippen molar-refractivity contribution in [2.24, 2.45) is 0 Å². The van der Waals surface area contributed by atoms with Crippen molar-refractivity contribution in [3.8, 4) is 0 Å². The van der Waals surface area contributed by atoms with Crippen molar-refractivity contribution < 1.29 is 17.6 Å². The molecule has 1 aliphatic rings. The number of hydrogen-bond donors (Lipinski definition) is 0. The summed E-state index contributed by atoms with van der Waals surface area (Å²) in [6.07, 6.45) is 0. The van der Waals surface area contributed by atoms with Crippen LogP contribution in [0.4, 0.5) is 34.6 Å². The minimum Gasteiger partial charge on any atom is -0.371 e. The summed E-state index contributed by atoms with van der Waals surface area (Å²) in [4.78, 5) is 5.71. The first-order valence-corrected chi connectivity index (χ1v) is 6.28. The summed E-state index contributed by atoms with van der Waals surface area (Å²) in [5.74, 6) is -6.29. The highest BCUT2D eigenvalue weighted by molar-refractivity contribution is 5.79. The van der Waals surface area contributed by atoms with Crippen molar-refractivity contribution in [2.75, 3.05) is 29.9 Å². The number of likely N-dealkylation sites (N-methyl/N-ethyl adjacent to an activating group) is 1. The third-order valence-electron chi connectivity index (χ3n) is 3.49. The number of fused-ring (bicyclic) bond motifs is 1. The van der Waals surface area contributed by atoms with E-state index in [-0.39, 0.29) is 6.54 Å². The molecule has 3 rings (SSSR count). The average Bonchev–Trinajstić information content (AvgIpc) is 2.48. The highest BCUT2D eigenvalue weighted by atomic mass is 19.2. The zero-order valence-corrected chi connectivity index (χ0v) is 11.1. The molecule has 0 amide bonds. The second-order valence-corrected chi connectivity index (χ2v) is 4.73. The Hall–Kier alpha value is -2.31. The number of aromatic nitrogens is 1. The molecule has 0 unspecified atom stereocenters. The first-order chi connectivity index (χ1) is 10.0. The standard InChI is InChI=1S/C14H11F4N3/c1-20-6-7-21(9-5-3-2-4-8(9)20)12-10(15)13(17)19-14(18)11(12)16/h2-5H,6-7H2,1H3. The molecule has 1 aromatic heterocycles. The Morgan fingerprint density at radius 3 is 2.10 bits per heavy atom. The van der Waals surface area contributed by atoms with Crippen LogP contribution in [0, 0.1) is 23.5 Å². The van der Waals surface area contributed by atoms with Crippen LogP contribution < -0.4 is 9.80 Å². The quantitative estimate of drug-likeness (QED) is 0.595. The molecule has 110 valence electrons. The molecule has 0 saturated carbocycles. The van der Waals surface area contributed by atoms with Crippen molar-refractivity contribution in [3.63, 3.8) is 0 Å². The summed E-state index contributed by atoms with van der Waals surface area (Å²) in [5.41, 5.74) is 0.453. The summed E-state index contributed by atoms with van der Waals surface area (Å²) in [7, 11) is 1.83. The summed E-state index contributed by atoms with van der Waals surface area (Å²) in [6.45, 7) is 0.658. The second-order valence-electron chi connectivity index (χ2n) is 4.73. The lowest BCUT2D eigenvalue weighted by molar-refractivity contribution is 0.408. The van der Waals surface area contributed by atoms with Gasteiger partial charge in [-0.1, -0.05) is 12.1 Å². The van der Waals surface area contributed by atoms with E-state index in [4.69, 9.17) is 0 Å².